The van der Waals surface area contributed by atoms with E-state index < -0.39 is 10.0 Å². The highest BCUT2D eigenvalue weighted by molar-refractivity contribution is 7.88. The maximum atomic E-state index is 13.2. The highest BCUT2D eigenvalue weighted by Crippen LogP contribution is 2.26. The summed E-state index contributed by atoms with van der Waals surface area (Å²) < 4.78 is 27.5. The third kappa shape index (κ3) is 5.75. The van der Waals surface area contributed by atoms with Gasteiger partial charge in [-0.1, -0.05) is 84.4 Å². The standard InChI is InChI=1S/C28H32N2O3S/c1-21-12-14-24(15-13-21)27(23-9-4-3-5-10-23)29-28(31)25-16-18-30(19-17-25)34(32,33)20-26-11-7-6-8-22(26)2/h3-15,25,27H,16-20H2,1-2H3,(H,29,31). The van der Waals surface area contributed by atoms with E-state index in [1.807, 2.05) is 80.6 Å². The zero-order chi connectivity index (χ0) is 24.1. The molecular formula is C28H32N2O3S. The summed E-state index contributed by atoms with van der Waals surface area (Å²) in [4.78, 5) is 13.2. The fourth-order valence-corrected chi connectivity index (χ4v) is 6.15. The van der Waals surface area contributed by atoms with E-state index in [1.54, 1.807) is 0 Å². The second-order valence-electron chi connectivity index (χ2n) is 9.12. The first-order chi connectivity index (χ1) is 16.3. The van der Waals surface area contributed by atoms with Gasteiger partial charge in [0.2, 0.25) is 15.9 Å². The van der Waals surface area contributed by atoms with Gasteiger partial charge < -0.3 is 5.32 Å². The normalized spacial score (nSPS) is 16.2. The van der Waals surface area contributed by atoms with Gasteiger partial charge in [-0.25, -0.2) is 12.7 Å². The lowest BCUT2D eigenvalue weighted by Crippen LogP contribution is -2.44. The van der Waals surface area contributed by atoms with Crippen molar-refractivity contribution in [2.24, 2.45) is 5.92 Å². The smallest absolute Gasteiger partial charge is 0.223 e. The van der Waals surface area contributed by atoms with Crippen molar-refractivity contribution in [3.63, 3.8) is 0 Å². The van der Waals surface area contributed by atoms with Crippen molar-refractivity contribution in [2.45, 2.75) is 38.5 Å². The summed E-state index contributed by atoms with van der Waals surface area (Å²) in [6, 6.07) is 25.5. The third-order valence-corrected chi connectivity index (χ3v) is 8.48. The van der Waals surface area contributed by atoms with Crippen LogP contribution in [0.5, 0.6) is 0 Å². The highest BCUT2D eigenvalue weighted by atomic mass is 32.2. The molecule has 0 aromatic heterocycles. The minimum Gasteiger partial charge on any atom is -0.345 e. The SMILES string of the molecule is Cc1ccc(C(NC(=O)C2CCN(S(=O)(=O)Cc3ccccc3C)CC2)c2ccccc2)cc1. The van der Waals surface area contributed by atoms with E-state index in [0.717, 1.165) is 22.3 Å². The van der Waals surface area contributed by atoms with Gasteiger partial charge in [0.15, 0.2) is 0 Å². The lowest BCUT2D eigenvalue weighted by atomic mass is 9.94. The van der Waals surface area contributed by atoms with Crippen LogP contribution in [0.2, 0.25) is 0 Å². The molecule has 1 unspecified atom stereocenters. The van der Waals surface area contributed by atoms with E-state index in [0.29, 0.717) is 25.9 Å². The van der Waals surface area contributed by atoms with Crippen LogP contribution in [-0.4, -0.2) is 31.7 Å². The Labute approximate surface area is 202 Å². The number of amides is 1. The first kappa shape index (κ1) is 24.2. The van der Waals surface area contributed by atoms with Crippen LogP contribution in [0.3, 0.4) is 0 Å². The van der Waals surface area contributed by atoms with Crippen LogP contribution in [0, 0.1) is 19.8 Å². The first-order valence-corrected chi connectivity index (χ1v) is 13.4. The maximum absolute atomic E-state index is 13.2. The molecule has 34 heavy (non-hydrogen) atoms. The van der Waals surface area contributed by atoms with Crippen molar-refractivity contribution in [2.75, 3.05) is 13.1 Å². The molecule has 1 atom stereocenters. The van der Waals surface area contributed by atoms with Gasteiger partial charge >= 0.3 is 0 Å². The van der Waals surface area contributed by atoms with E-state index in [4.69, 9.17) is 0 Å². The number of nitrogens with zero attached hydrogens (tertiary/aromatic N) is 1. The highest BCUT2D eigenvalue weighted by Gasteiger charge is 2.32. The number of carbonyl (C=O) groups is 1. The van der Waals surface area contributed by atoms with Gasteiger partial charge in [-0.3, -0.25) is 4.79 Å². The molecule has 0 radical (unpaired) electrons. The molecule has 1 aliphatic heterocycles. The van der Waals surface area contributed by atoms with Gasteiger partial charge in [0.1, 0.15) is 0 Å². The number of benzene rings is 3. The molecule has 4 rings (SSSR count). The molecule has 1 heterocycles. The van der Waals surface area contributed by atoms with Crippen molar-refractivity contribution in [3.8, 4) is 0 Å². The van der Waals surface area contributed by atoms with Crippen LogP contribution in [0.15, 0.2) is 78.9 Å². The van der Waals surface area contributed by atoms with Gasteiger partial charge in [0.05, 0.1) is 11.8 Å². The molecule has 178 valence electrons. The Balaban J connectivity index is 1.42. The number of sulfonamides is 1. The van der Waals surface area contributed by atoms with Gasteiger partial charge in [0, 0.05) is 19.0 Å². The number of carbonyl (C=O) groups excluding carboxylic acids is 1. The molecule has 1 fully saturated rings. The van der Waals surface area contributed by atoms with Crippen molar-refractivity contribution < 1.29 is 13.2 Å². The Kier molecular flexibility index (Phi) is 7.49. The molecule has 0 saturated carbocycles. The molecular weight excluding hydrogens is 444 g/mol. The van der Waals surface area contributed by atoms with Crippen molar-refractivity contribution in [1.29, 1.82) is 0 Å². The van der Waals surface area contributed by atoms with E-state index in [2.05, 4.69) is 17.4 Å². The summed E-state index contributed by atoms with van der Waals surface area (Å²) in [5.74, 6) is -0.230. The predicted octanol–water partition coefficient (Wildman–Crippen LogP) is 4.75. The fraction of sp³-hybridized carbons (Fsp3) is 0.321. The average molecular weight is 477 g/mol. The van der Waals surface area contributed by atoms with Gasteiger partial charge in [-0.05, 0) is 48.9 Å². The summed E-state index contributed by atoms with van der Waals surface area (Å²) >= 11 is 0. The van der Waals surface area contributed by atoms with Gasteiger partial charge in [-0.2, -0.15) is 0 Å². The number of hydrogen-bond donors (Lipinski definition) is 1. The number of piperidine rings is 1. The third-order valence-electron chi connectivity index (χ3n) is 6.65. The number of hydrogen-bond acceptors (Lipinski definition) is 3. The lowest BCUT2D eigenvalue weighted by molar-refractivity contribution is -0.126. The largest absolute Gasteiger partial charge is 0.345 e. The Hall–Kier alpha value is -2.96. The minimum absolute atomic E-state index is 0.0000413. The van der Waals surface area contributed by atoms with Crippen LogP contribution in [-0.2, 0) is 20.6 Å². The van der Waals surface area contributed by atoms with Crippen LogP contribution in [0.4, 0.5) is 0 Å². The second kappa shape index (κ2) is 10.5. The summed E-state index contributed by atoms with van der Waals surface area (Å²) in [7, 11) is -3.42. The van der Waals surface area contributed by atoms with Crippen molar-refractivity contribution in [1.82, 2.24) is 9.62 Å². The Bertz CT molecular complexity index is 1220. The molecule has 1 aliphatic rings. The Morgan fingerprint density at radius 1 is 0.882 bits per heavy atom. The monoisotopic (exact) mass is 476 g/mol. The Morgan fingerprint density at radius 3 is 2.12 bits per heavy atom. The molecule has 3 aromatic carbocycles. The molecule has 1 saturated heterocycles. The molecule has 5 nitrogen and oxygen atoms in total. The first-order valence-electron chi connectivity index (χ1n) is 11.8. The quantitative estimate of drug-likeness (QED) is 0.535. The molecule has 1 N–H and O–H groups in total. The topological polar surface area (TPSA) is 66.5 Å². The Morgan fingerprint density at radius 2 is 1.47 bits per heavy atom. The van der Waals surface area contributed by atoms with Crippen LogP contribution < -0.4 is 5.32 Å². The average Bonchev–Trinajstić information content (AvgIpc) is 2.85. The lowest BCUT2D eigenvalue weighted by Gasteiger charge is -2.32. The summed E-state index contributed by atoms with van der Waals surface area (Å²) in [5, 5.41) is 3.23. The molecule has 0 aliphatic carbocycles. The predicted molar refractivity (Wildman–Crippen MR) is 136 cm³/mol. The molecule has 3 aromatic rings. The number of rotatable bonds is 7. The van der Waals surface area contributed by atoms with Crippen molar-refractivity contribution in [3.05, 3.63) is 107 Å². The van der Waals surface area contributed by atoms with E-state index in [1.165, 1.54) is 9.87 Å². The van der Waals surface area contributed by atoms with Crippen LogP contribution in [0.25, 0.3) is 0 Å². The maximum Gasteiger partial charge on any atom is 0.223 e. The van der Waals surface area contributed by atoms with Gasteiger partial charge in [-0.15, -0.1) is 0 Å². The molecule has 0 bridgehead atoms. The fourth-order valence-electron chi connectivity index (χ4n) is 4.48. The zero-order valence-electron chi connectivity index (χ0n) is 19.8. The van der Waals surface area contributed by atoms with Crippen LogP contribution in [0.1, 0.15) is 46.7 Å². The second-order valence-corrected chi connectivity index (χ2v) is 11.1. The van der Waals surface area contributed by atoms with E-state index in [9.17, 15) is 13.2 Å². The molecule has 6 heteroatoms. The molecule has 0 spiro atoms. The summed E-state index contributed by atoms with van der Waals surface area (Å²) in [6.45, 7) is 4.71. The summed E-state index contributed by atoms with van der Waals surface area (Å²) in [5.41, 5.74) is 5.03. The van der Waals surface area contributed by atoms with Gasteiger partial charge in [0.25, 0.3) is 0 Å². The minimum atomic E-state index is -3.42. The van der Waals surface area contributed by atoms with E-state index in [-0.39, 0.29) is 23.6 Å². The summed E-state index contributed by atoms with van der Waals surface area (Å²) in [6.07, 6.45) is 1.04. The van der Waals surface area contributed by atoms with Crippen LogP contribution >= 0.6 is 0 Å². The molecule has 1 amide bonds. The number of nitrogens with one attached hydrogen (secondary N) is 1. The van der Waals surface area contributed by atoms with E-state index >= 15 is 0 Å². The zero-order valence-corrected chi connectivity index (χ0v) is 20.6. The number of aryl methyl sites for hydroxylation is 2. The van der Waals surface area contributed by atoms with Crippen molar-refractivity contribution >= 4 is 15.9 Å².